The van der Waals surface area contributed by atoms with Crippen LogP contribution in [0, 0.1) is 0 Å². The van der Waals surface area contributed by atoms with Crippen LogP contribution in [0.15, 0.2) is 122 Å². The highest BCUT2D eigenvalue weighted by molar-refractivity contribution is 6.00. The van der Waals surface area contributed by atoms with Crippen molar-refractivity contribution in [3.8, 4) is 33.9 Å². The van der Waals surface area contributed by atoms with Gasteiger partial charge in [-0.2, -0.15) is 5.10 Å². The number of fused-ring (bicyclic) bond motifs is 2. The smallest absolute Gasteiger partial charge is 0.161 e. The van der Waals surface area contributed by atoms with E-state index in [9.17, 15) is 0 Å². The molecule has 0 saturated heterocycles. The van der Waals surface area contributed by atoms with Crippen LogP contribution in [0.1, 0.15) is 0 Å². The summed E-state index contributed by atoms with van der Waals surface area (Å²) in [6.45, 7) is 0. The molecule has 3 aromatic heterocycles. The van der Waals surface area contributed by atoms with Crippen molar-refractivity contribution < 1.29 is 4.74 Å². The van der Waals surface area contributed by atoms with Crippen molar-refractivity contribution in [3.63, 3.8) is 0 Å². The summed E-state index contributed by atoms with van der Waals surface area (Å²) in [5, 5.41) is 22.4. The molecule has 0 aliphatic rings. The highest BCUT2D eigenvalue weighted by atomic mass is 16.5. The summed E-state index contributed by atoms with van der Waals surface area (Å²) >= 11 is 0. The summed E-state index contributed by atoms with van der Waals surface area (Å²) in [6.07, 6.45) is 5.42. The number of nitrogens with zero attached hydrogens (tertiary/aromatic N) is 4. The van der Waals surface area contributed by atoms with E-state index in [1.165, 1.54) is 0 Å². The number of ether oxygens (including phenoxy) is 1. The zero-order valence-corrected chi connectivity index (χ0v) is 20.7. The molecule has 0 saturated carbocycles. The molecule has 0 radical (unpaired) electrons. The summed E-state index contributed by atoms with van der Waals surface area (Å²) in [5.41, 5.74) is 5.70. The van der Waals surface area contributed by atoms with Gasteiger partial charge in [0.1, 0.15) is 17.2 Å². The quantitative estimate of drug-likeness (QED) is 0.239. The van der Waals surface area contributed by atoms with Gasteiger partial charge >= 0.3 is 0 Å². The number of H-pyrrole nitrogens is 1. The molecule has 7 rings (SSSR count). The lowest BCUT2D eigenvalue weighted by Gasteiger charge is -2.12. The van der Waals surface area contributed by atoms with E-state index in [0.29, 0.717) is 5.82 Å². The van der Waals surface area contributed by atoms with Crippen molar-refractivity contribution in [2.24, 2.45) is 0 Å². The van der Waals surface area contributed by atoms with Crippen LogP contribution in [0.5, 0.6) is 11.5 Å². The van der Waals surface area contributed by atoms with Gasteiger partial charge in [0, 0.05) is 45.4 Å². The molecule has 0 aliphatic carbocycles. The Bertz CT molecular complexity index is 1900. The lowest BCUT2D eigenvalue weighted by molar-refractivity contribution is 0.488. The van der Waals surface area contributed by atoms with Crippen LogP contribution in [-0.4, -0.2) is 25.4 Å². The first-order valence-electron chi connectivity index (χ1n) is 12.6. The maximum atomic E-state index is 6.25. The van der Waals surface area contributed by atoms with Crippen molar-refractivity contribution in [3.05, 3.63) is 122 Å². The van der Waals surface area contributed by atoms with Crippen LogP contribution in [-0.2, 0) is 0 Å². The first-order valence-corrected chi connectivity index (χ1v) is 12.6. The van der Waals surface area contributed by atoms with Gasteiger partial charge in [0.15, 0.2) is 5.82 Å². The number of pyridine rings is 1. The standard InChI is InChI=1S/C32H22N6O/c1-2-6-21(7-3-1)31-26-8-4-5-9-27(26)32(38-37-31)36-24-11-13-25(14-12-24)39-30-16-17-33-29-18-22(10-15-28(29)30)23-19-34-35-20-23/h1-20H,(H,34,35)(H,36,38). The van der Waals surface area contributed by atoms with Gasteiger partial charge in [-0.1, -0.05) is 60.7 Å². The zero-order valence-electron chi connectivity index (χ0n) is 20.7. The topological polar surface area (TPSA) is 88.6 Å². The molecular formula is C32H22N6O. The minimum Gasteiger partial charge on any atom is -0.457 e. The Morgan fingerprint density at radius 3 is 2.31 bits per heavy atom. The second-order valence-corrected chi connectivity index (χ2v) is 9.09. The van der Waals surface area contributed by atoms with E-state index in [-0.39, 0.29) is 0 Å². The fourth-order valence-electron chi connectivity index (χ4n) is 4.67. The molecule has 4 aromatic carbocycles. The Balaban J connectivity index is 1.14. The summed E-state index contributed by atoms with van der Waals surface area (Å²) in [7, 11) is 0. The number of hydrogen-bond acceptors (Lipinski definition) is 6. The predicted octanol–water partition coefficient (Wildman–Crippen LogP) is 7.77. The summed E-state index contributed by atoms with van der Waals surface area (Å²) < 4.78 is 6.25. The number of nitrogens with one attached hydrogen (secondary N) is 2. The molecule has 0 fully saturated rings. The third-order valence-corrected chi connectivity index (χ3v) is 6.61. The Kier molecular flexibility index (Phi) is 5.64. The van der Waals surface area contributed by atoms with Gasteiger partial charge in [-0.15, -0.1) is 10.2 Å². The summed E-state index contributed by atoms with van der Waals surface area (Å²) in [6, 6.07) is 34.1. The monoisotopic (exact) mass is 506 g/mol. The molecule has 0 spiro atoms. The molecular weight excluding hydrogens is 484 g/mol. The van der Waals surface area contributed by atoms with E-state index < -0.39 is 0 Å². The fourth-order valence-corrected chi connectivity index (χ4v) is 4.67. The minimum atomic E-state index is 0.701. The van der Waals surface area contributed by atoms with Crippen LogP contribution >= 0.6 is 0 Å². The SMILES string of the molecule is c1ccc(-c2nnc(Nc3ccc(Oc4ccnc5cc(-c6cn[nH]c6)ccc45)cc3)c3ccccc23)cc1. The van der Waals surface area contributed by atoms with Crippen molar-refractivity contribution in [2.75, 3.05) is 5.32 Å². The molecule has 0 bridgehead atoms. The number of benzene rings is 4. The van der Waals surface area contributed by atoms with Crippen molar-refractivity contribution in [1.82, 2.24) is 25.4 Å². The summed E-state index contributed by atoms with van der Waals surface area (Å²) in [4.78, 5) is 4.53. The fraction of sp³-hybridized carbons (Fsp3) is 0. The van der Waals surface area contributed by atoms with Crippen molar-refractivity contribution >= 4 is 33.2 Å². The molecule has 0 aliphatic heterocycles. The van der Waals surface area contributed by atoms with Gasteiger partial charge in [0.25, 0.3) is 0 Å². The maximum absolute atomic E-state index is 6.25. The van der Waals surface area contributed by atoms with Crippen LogP contribution in [0.2, 0.25) is 0 Å². The second-order valence-electron chi connectivity index (χ2n) is 9.09. The van der Waals surface area contributed by atoms with E-state index >= 15 is 0 Å². The van der Waals surface area contributed by atoms with E-state index in [4.69, 9.17) is 4.74 Å². The Hall–Kier alpha value is -5.56. The van der Waals surface area contributed by atoms with Gasteiger partial charge < -0.3 is 10.1 Å². The molecule has 3 heterocycles. The number of aromatic amines is 1. The minimum absolute atomic E-state index is 0.701. The van der Waals surface area contributed by atoms with Crippen LogP contribution in [0.25, 0.3) is 44.1 Å². The molecule has 7 heteroatoms. The van der Waals surface area contributed by atoms with Gasteiger partial charge in [0.2, 0.25) is 0 Å². The van der Waals surface area contributed by atoms with Gasteiger partial charge in [-0.3, -0.25) is 10.1 Å². The van der Waals surface area contributed by atoms with Crippen LogP contribution < -0.4 is 10.1 Å². The lowest BCUT2D eigenvalue weighted by atomic mass is 10.0. The van der Waals surface area contributed by atoms with Crippen molar-refractivity contribution in [1.29, 1.82) is 0 Å². The van der Waals surface area contributed by atoms with E-state index in [1.807, 2.05) is 97.2 Å². The molecule has 0 unspecified atom stereocenters. The number of hydrogen-bond donors (Lipinski definition) is 2. The Morgan fingerprint density at radius 2 is 1.49 bits per heavy atom. The van der Waals surface area contributed by atoms with Crippen LogP contribution in [0.3, 0.4) is 0 Å². The van der Waals surface area contributed by atoms with E-state index in [2.05, 4.69) is 42.8 Å². The summed E-state index contributed by atoms with van der Waals surface area (Å²) in [5.74, 6) is 2.17. The second kappa shape index (κ2) is 9.72. The van der Waals surface area contributed by atoms with Gasteiger partial charge in [0.05, 0.1) is 11.7 Å². The molecule has 7 nitrogen and oxygen atoms in total. The molecule has 7 aromatic rings. The first kappa shape index (κ1) is 22.6. The van der Waals surface area contributed by atoms with Gasteiger partial charge in [-0.25, -0.2) is 0 Å². The number of anilines is 2. The first-order chi connectivity index (χ1) is 19.3. The predicted molar refractivity (Wildman–Crippen MR) is 154 cm³/mol. The maximum Gasteiger partial charge on any atom is 0.161 e. The highest BCUT2D eigenvalue weighted by Gasteiger charge is 2.12. The van der Waals surface area contributed by atoms with Gasteiger partial charge in [-0.05, 0) is 48.0 Å². The Morgan fingerprint density at radius 1 is 0.667 bits per heavy atom. The largest absolute Gasteiger partial charge is 0.457 e. The molecule has 0 amide bonds. The highest BCUT2D eigenvalue weighted by Crippen LogP contribution is 2.34. The van der Waals surface area contributed by atoms with Crippen molar-refractivity contribution in [2.45, 2.75) is 0 Å². The number of rotatable bonds is 6. The molecule has 2 N–H and O–H groups in total. The van der Waals surface area contributed by atoms with E-state index in [1.54, 1.807) is 12.4 Å². The molecule has 39 heavy (non-hydrogen) atoms. The third kappa shape index (κ3) is 4.42. The zero-order chi connectivity index (χ0) is 26.0. The lowest BCUT2D eigenvalue weighted by Crippen LogP contribution is -1.99. The van der Waals surface area contributed by atoms with Crippen LogP contribution in [0.4, 0.5) is 11.5 Å². The Labute approximate surface area is 224 Å². The average molecular weight is 507 g/mol. The average Bonchev–Trinajstić information content (AvgIpc) is 3.54. The third-order valence-electron chi connectivity index (χ3n) is 6.61. The number of aromatic nitrogens is 5. The molecule has 0 atom stereocenters. The molecule has 186 valence electrons. The van der Waals surface area contributed by atoms with E-state index in [0.717, 1.165) is 61.2 Å². The normalized spacial score (nSPS) is 11.1.